The van der Waals surface area contributed by atoms with Gasteiger partial charge in [0, 0.05) is 11.6 Å². The van der Waals surface area contributed by atoms with Gasteiger partial charge in [0.2, 0.25) is 0 Å². The minimum absolute atomic E-state index is 0.143. The summed E-state index contributed by atoms with van der Waals surface area (Å²) in [6.45, 7) is 0. The van der Waals surface area contributed by atoms with Crippen molar-refractivity contribution in [2.45, 2.75) is 6.18 Å². The molecule has 0 atom stereocenters. The van der Waals surface area contributed by atoms with Crippen LogP contribution >= 0.6 is 0 Å². The predicted octanol–water partition coefficient (Wildman–Crippen LogP) is 3.39. The smallest absolute Gasteiger partial charge is 0.256 e. The van der Waals surface area contributed by atoms with Crippen molar-refractivity contribution < 1.29 is 17.6 Å². The second kappa shape index (κ2) is 3.18. The van der Waals surface area contributed by atoms with E-state index in [4.69, 9.17) is 0 Å². The van der Waals surface area contributed by atoms with Crippen LogP contribution < -0.4 is 0 Å². The van der Waals surface area contributed by atoms with Crippen LogP contribution in [0.25, 0.3) is 10.9 Å². The molecule has 0 aliphatic heterocycles. The second-order valence-corrected chi connectivity index (χ2v) is 3.03. The van der Waals surface area contributed by atoms with Gasteiger partial charge in [-0.2, -0.15) is 13.2 Å². The first-order chi connectivity index (χ1) is 6.98. The van der Waals surface area contributed by atoms with E-state index in [0.29, 0.717) is 6.07 Å². The highest BCUT2D eigenvalue weighted by Crippen LogP contribution is 2.34. The number of benzene rings is 1. The van der Waals surface area contributed by atoms with Crippen molar-refractivity contribution in [1.82, 2.24) is 4.98 Å². The van der Waals surface area contributed by atoms with Gasteiger partial charge >= 0.3 is 6.18 Å². The maximum Gasteiger partial charge on any atom is 0.418 e. The van der Waals surface area contributed by atoms with Crippen LogP contribution in [-0.2, 0) is 6.18 Å². The molecule has 1 aromatic heterocycles. The Morgan fingerprint density at radius 3 is 2.53 bits per heavy atom. The fourth-order valence-electron chi connectivity index (χ4n) is 1.37. The fourth-order valence-corrected chi connectivity index (χ4v) is 1.37. The summed E-state index contributed by atoms with van der Waals surface area (Å²) >= 11 is 0. The molecule has 2 rings (SSSR count). The number of aromatic nitrogens is 1. The Kier molecular flexibility index (Phi) is 2.10. The zero-order chi connectivity index (χ0) is 11.1. The normalized spacial score (nSPS) is 12.0. The molecule has 5 heteroatoms. The van der Waals surface area contributed by atoms with Gasteiger partial charge in [-0.15, -0.1) is 0 Å². The molecule has 1 heterocycles. The molecule has 0 fully saturated rings. The molecule has 0 N–H and O–H groups in total. The summed E-state index contributed by atoms with van der Waals surface area (Å²) in [7, 11) is 0. The second-order valence-electron chi connectivity index (χ2n) is 3.03. The first kappa shape index (κ1) is 9.89. The highest BCUT2D eigenvalue weighted by atomic mass is 19.4. The van der Waals surface area contributed by atoms with Crippen molar-refractivity contribution in [1.29, 1.82) is 0 Å². The summed E-state index contributed by atoms with van der Waals surface area (Å²) in [5.41, 5.74) is -1.27. The highest BCUT2D eigenvalue weighted by Gasteiger charge is 2.33. The molecular weight excluding hydrogens is 210 g/mol. The molecule has 1 nitrogen and oxygen atoms in total. The van der Waals surface area contributed by atoms with Gasteiger partial charge in [-0.3, -0.25) is 4.98 Å². The monoisotopic (exact) mass is 215 g/mol. The summed E-state index contributed by atoms with van der Waals surface area (Å²) in [5.74, 6) is -0.914. The molecule has 0 radical (unpaired) electrons. The Hall–Kier alpha value is -1.65. The van der Waals surface area contributed by atoms with Gasteiger partial charge in [-0.25, -0.2) is 4.39 Å². The number of halogens is 4. The van der Waals surface area contributed by atoms with Crippen molar-refractivity contribution in [3.05, 3.63) is 41.8 Å². The standard InChI is InChI=1S/C10H5F4N/c11-7-4-6-2-1-3-15-9(6)8(5-7)10(12,13)14/h1-5H. The fraction of sp³-hybridized carbons (Fsp3) is 0.100. The highest BCUT2D eigenvalue weighted by molar-refractivity contribution is 5.82. The van der Waals surface area contributed by atoms with E-state index in [1.54, 1.807) is 0 Å². The molecule has 0 spiro atoms. The molecule has 78 valence electrons. The molecule has 0 unspecified atom stereocenters. The minimum atomic E-state index is -4.59. The van der Waals surface area contributed by atoms with Gasteiger partial charge in [0.25, 0.3) is 0 Å². The lowest BCUT2D eigenvalue weighted by Crippen LogP contribution is -2.07. The van der Waals surface area contributed by atoms with E-state index in [9.17, 15) is 17.6 Å². The lowest BCUT2D eigenvalue weighted by atomic mass is 10.1. The molecule has 0 saturated heterocycles. The number of alkyl halides is 3. The Morgan fingerprint density at radius 1 is 1.13 bits per heavy atom. The lowest BCUT2D eigenvalue weighted by molar-refractivity contribution is -0.136. The van der Waals surface area contributed by atoms with Crippen LogP contribution in [0.1, 0.15) is 5.56 Å². The average molecular weight is 215 g/mol. The third-order valence-electron chi connectivity index (χ3n) is 1.98. The molecule has 0 amide bonds. The zero-order valence-corrected chi connectivity index (χ0v) is 7.35. The van der Waals surface area contributed by atoms with Crippen LogP contribution in [0.15, 0.2) is 30.5 Å². The van der Waals surface area contributed by atoms with Crippen molar-refractivity contribution in [2.24, 2.45) is 0 Å². The molecule has 0 aliphatic carbocycles. The van der Waals surface area contributed by atoms with Gasteiger partial charge in [0.1, 0.15) is 5.82 Å². The molecule has 15 heavy (non-hydrogen) atoms. The van der Waals surface area contributed by atoms with Gasteiger partial charge in [-0.05, 0) is 18.2 Å². The molecule has 0 aliphatic rings. The molecule has 1 aromatic carbocycles. The van der Waals surface area contributed by atoms with Crippen molar-refractivity contribution >= 4 is 10.9 Å². The van der Waals surface area contributed by atoms with E-state index in [-0.39, 0.29) is 10.9 Å². The van der Waals surface area contributed by atoms with Crippen LogP contribution in [0.2, 0.25) is 0 Å². The summed E-state index contributed by atoms with van der Waals surface area (Å²) < 4.78 is 50.4. The lowest BCUT2D eigenvalue weighted by Gasteiger charge is -2.09. The number of pyridine rings is 1. The van der Waals surface area contributed by atoms with E-state index in [2.05, 4.69) is 4.98 Å². The van der Waals surface area contributed by atoms with Gasteiger partial charge in [0.15, 0.2) is 0 Å². The number of fused-ring (bicyclic) bond motifs is 1. The first-order valence-electron chi connectivity index (χ1n) is 4.10. The van der Waals surface area contributed by atoms with Gasteiger partial charge in [0.05, 0.1) is 11.1 Å². The number of hydrogen-bond acceptors (Lipinski definition) is 1. The number of hydrogen-bond donors (Lipinski definition) is 0. The van der Waals surface area contributed by atoms with Crippen LogP contribution in [0.3, 0.4) is 0 Å². The van der Waals surface area contributed by atoms with Crippen LogP contribution in [-0.4, -0.2) is 4.98 Å². The van der Waals surface area contributed by atoms with E-state index in [1.165, 1.54) is 18.3 Å². The number of rotatable bonds is 0. The summed E-state index contributed by atoms with van der Waals surface area (Å²) in [4.78, 5) is 3.60. The van der Waals surface area contributed by atoms with Crippen molar-refractivity contribution in [2.75, 3.05) is 0 Å². The maximum atomic E-state index is 12.9. The van der Waals surface area contributed by atoms with Crippen LogP contribution in [0, 0.1) is 5.82 Å². The molecule has 0 bridgehead atoms. The van der Waals surface area contributed by atoms with Crippen LogP contribution in [0.4, 0.5) is 17.6 Å². The van der Waals surface area contributed by atoms with E-state index in [1.807, 2.05) is 0 Å². The summed E-state index contributed by atoms with van der Waals surface area (Å²) in [6.07, 6.45) is -3.34. The third-order valence-corrected chi connectivity index (χ3v) is 1.98. The Balaban J connectivity index is 2.83. The van der Waals surface area contributed by atoms with Crippen LogP contribution in [0.5, 0.6) is 0 Å². The van der Waals surface area contributed by atoms with Crippen molar-refractivity contribution in [3.63, 3.8) is 0 Å². The number of nitrogens with zero attached hydrogens (tertiary/aromatic N) is 1. The predicted molar refractivity (Wildman–Crippen MR) is 46.7 cm³/mol. The maximum absolute atomic E-state index is 12.9. The molecular formula is C10H5F4N. The van der Waals surface area contributed by atoms with E-state index < -0.39 is 17.6 Å². The van der Waals surface area contributed by atoms with Crippen molar-refractivity contribution in [3.8, 4) is 0 Å². The Morgan fingerprint density at radius 2 is 1.87 bits per heavy atom. The van der Waals surface area contributed by atoms with E-state index in [0.717, 1.165) is 6.07 Å². The zero-order valence-electron chi connectivity index (χ0n) is 7.35. The molecule has 0 saturated carbocycles. The summed E-state index contributed by atoms with van der Waals surface area (Å²) in [5, 5.41) is 0.143. The van der Waals surface area contributed by atoms with Gasteiger partial charge in [-0.1, -0.05) is 6.07 Å². The SMILES string of the molecule is Fc1cc(C(F)(F)F)c2ncccc2c1. The largest absolute Gasteiger partial charge is 0.418 e. The first-order valence-corrected chi connectivity index (χ1v) is 4.10. The molecule has 2 aromatic rings. The topological polar surface area (TPSA) is 12.9 Å². The quantitative estimate of drug-likeness (QED) is 0.614. The summed E-state index contributed by atoms with van der Waals surface area (Å²) in [6, 6.07) is 4.33. The van der Waals surface area contributed by atoms with E-state index >= 15 is 0 Å². The minimum Gasteiger partial charge on any atom is -0.256 e. The Labute approximate surface area is 82.4 Å². The Bertz CT molecular complexity index is 504. The average Bonchev–Trinajstić information content (AvgIpc) is 2.15. The third kappa shape index (κ3) is 1.77. The van der Waals surface area contributed by atoms with Gasteiger partial charge < -0.3 is 0 Å².